The van der Waals surface area contributed by atoms with Crippen molar-refractivity contribution in [1.29, 1.82) is 0 Å². The molecule has 0 spiro atoms. The van der Waals surface area contributed by atoms with Crippen molar-refractivity contribution >= 4 is 29.2 Å². The molecule has 7 heteroatoms. The third-order valence-electron chi connectivity index (χ3n) is 2.83. The number of anilines is 2. The van der Waals surface area contributed by atoms with Gasteiger partial charge < -0.3 is 25.5 Å². The van der Waals surface area contributed by atoms with Crippen LogP contribution < -0.4 is 15.7 Å². The van der Waals surface area contributed by atoms with Crippen LogP contribution in [0.25, 0.3) is 0 Å². The van der Waals surface area contributed by atoms with E-state index in [1.165, 1.54) is 0 Å². The molecular formula is C15H14N3O4-. The summed E-state index contributed by atoms with van der Waals surface area (Å²) in [5, 5.41) is 15.5. The van der Waals surface area contributed by atoms with E-state index >= 15 is 0 Å². The Morgan fingerprint density at radius 3 is 2.14 bits per heavy atom. The minimum absolute atomic E-state index is 0.145. The zero-order valence-corrected chi connectivity index (χ0v) is 11.6. The molecule has 0 bridgehead atoms. The number of carbonyl (C=O) groups excluding carboxylic acids is 3. The SMILES string of the molecule is O=C([O-])CCC(=O)Nc1ccc(NC(=O)c2ccc[nH]2)cc1. The first-order valence-corrected chi connectivity index (χ1v) is 6.59. The van der Waals surface area contributed by atoms with Crippen LogP contribution in [0.4, 0.5) is 11.4 Å². The van der Waals surface area contributed by atoms with Gasteiger partial charge in [-0.15, -0.1) is 0 Å². The third-order valence-corrected chi connectivity index (χ3v) is 2.83. The van der Waals surface area contributed by atoms with E-state index in [-0.39, 0.29) is 18.7 Å². The summed E-state index contributed by atoms with van der Waals surface area (Å²) in [5.41, 5.74) is 1.54. The van der Waals surface area contributed by atoms with E-state index in [0.717, 1.165) is 0 Å². The van der Waals surface area contributed by atoms with Crippen molar-refractivity contribution in [3.8, 4) is 0 Å². The smallest absolute Gasteiger partial charge is 0.272 e. The lowest BCUT2D eigenvalue weighted by Gasteiger charge is -2.08. The van der Waals surface area contributed by atoms with E-state index in [9.17, 15) is 19.5 Å². The fourth-order valence-electron chi connectivity index (χ4n) is 1.75. The largest absolute Gasteiger partial charge is 0.550 e. The number of rotatable bonds is 6. The highest BCUT2D eigenvalue weighted by Gasteiger charge is 2.07. The van der Waals surface area contributed by atoms with Gasteiger partial charge in [-0.2, -0.15) is 0 Å². The van der Waals surface area contributed by atoms with E-state index in [1.54, 1.807) is 42.6 Å². The second kappa shape index (κ2) is 7.07. The monoisotopic (exact) mass is 300 g/mol. The normalized spacial score (nSPS) is 10.0. The van der Waals surface area contributed by atoms with Gasteiger partial charge in [0.1, 0.15) is 5.69 Å². The second-order valence-electron chi connectivity index (χ2n) is 4.54. The number of aliphatic carboxylic acids is 1. The molecule has 3 N–H and O–H groups in total. The Morgan fingerprint density at radius 1 is 0.955 bits per heavy atom. The van der Waals surface area contributed by atoms with Crippen LogP contribution >= 0.6 is 0 Å². The first-order chi connectivity index (χ1) is 10.5. The van der Waals surface area contributed by atoms with Gasteiger partial charge in [0.15, 0.2) is 0 Å². The first kappa shape index (κ1) is 15.3. The van der Waals surface area contributed by atoms with Gasteiger partial charge in [0.2, 0.25) is 5.91 Å². The highest BCUT2D eigenvalue weighted by Crippen LogP contribution is 2.14. The molecule has 0 saturated carbocycles. The van der Waals surface area contributed by atoms with Crippen molar-refractivity contribution in [2.24, 2.45) is 0 Å². The molecule has 0 radical (unpaired) electrons. The summed E-state index contributed by atoms with van der Waals surface area (Å²) in [6.45, 7) is 0. The molecule has 0 aliphatic heterocycles. The van der Waals surface area contributed by atoms with Crippen LogP contribution in [0, 0.1) is 0 Å². The van der Waals surface area contributed by atoms with Gasteiger partial charge in [-0.1, -0.05) is 0 Å². The van der Waals surface area contributed by atoms with Crippen molar-refractivity contribution in [3.05, 3.63) is 48.3 Å². The second-order valence-corrected chi connectivity index (χ2v) is 4.54. The van der Waals surface area contributed by atoms with Crippen LogP contribution in [-0.4, -0.2) is 22.8 Å². The number of carbonyl (C=O) groups is 3. The number of carboxylic acid groups (broad SMARTS) is 1. The maximum atomic E-state index is 11.8. The van der Waals surface area contributed by atoms with Crippen molar-refractivity contribution in [2.45, 2.75) is 12.8 Å². The molecule has 0 saturated heterocycles. The summed E-state index contributed by atoms with van der Waals surface area (Å²) >= 11 is 0. The molecule has 0 aliphatic rings. The molecule has 2 aromatic rings. The molecule has 0 fully saturated rings. The van der Waals surface area contributed by atoms with Gasteiger partial charge in [0, 0.05) is 30.0 Å². The Bertz CT molecular complexity index is 663. The summed E-state index contributed by atoms with van der Waals surface area (Å²) in [4.78, 5) is 36.3. The highest BCUT2D eigenvalue weighted by atomic mass is 16.4. The molecule has 1 aromatic heterocycles. The molecular weight excluding hydrogens is 286 g/mol. The topological polar surface area (TPSA) is 114 Å². The lowest BCUT2D eigenvalue weighted by molar-refractivity contribution is -0.305. The number of carboxylic acids is 1. The molecule has 7 nitrogen and oxygen atoms in total. The van der Waals surface area contributed by atoms with Gasteiger partial charge in [-0.25, -0.2) is 0 Å². The summed E-state index contributed by atoms with van der Waals surface area (Å²) < 4.78 is 0. The molecule has 2 rings (SSSR count). The molecule has 0 aliphatic carbocycles. The fourth-order valence-corrected chi connectivity index (χ4v) is 1.75. The van der Waals surface area contributed by atoms with E-state index in [0.29, 0.717) is 17.1 Å². The predicted octanol–water partition coefficient (Wildman–Crippen LogP) is 0.736. The van der Waals surface area contributed by atoms with Crippen LogP contribution in [0.5, 0.6) is 0 Å². The average molecular weight is 300 g/mol. The van der Waals surface area contributed by atoms with E-state index in [1.807, 2.05) is 0 Å². The Balaban J connectivity index is 1.89. The summed E-state index contributed by atoms with van der Waals surface area (Å²) in [6, 6.07) is 9.87. The Labute approximate surface area is 126 Å². The lowest BCUT2D eigenvalue weighted by Crippen LogP contribution is -2.24. The van der Waals surface area contributed by atoms with Crippen LogP contribution in [0.15, 0.2) is 42.6 Å². The number of hydrogen-bond acceptors (Lipinski definition) is 4. The molecule has 114 valence electrons. The van der Waals surface area contributed by atoms with Crippen molar-refractivity contribution in [3.63, 3.8) is 0 Å². The Kier molecular flexibility index (Phi) is 4.92. The molecule has 0 atom stereocenters. The van der Waals surface area contributed by atoms with Crippen molar-refractivity contribution < 1.29 is 19.5 Å². The van der Waals surface area contributed by atoms with Gasteiger partial charge in [-0.3, -0.25) is 9.59 Å². The quantitative estimate of drug-likeness (QED) is 0.729. The van der Waals surface area contributed by atoms with Crippen LogP contribution in [0.2, 0.25) is 0 Å². The minimum Gasteiger partial charge on any atom is -0.550 e. The maximum Gasteiger partial charge on any atom is 0.272 e. The molecule has 1 heterocycles. The van der Waals surface area contributed by atoms with Gasteiger partial charge in [0.25, 0.3) is 5.91 Å². The summed E-state index contributed by atoms with van der Waals surface area (Å²) in [7, 11) is 0. The fraction of sp³-hybridized carbons (Fsp3) is 0.133. The summed E-state index contributed by atoms with van der Waals surface area (Å²) in [5.74, 6) is -1.94. The number of amides is 2. The third kappa shape index (κ3) is 4.48. The molecule has 22 heavy (non-hydrogen) atoms. The number of hydrogen-bond donors (Lipinski definition) is 3. The average Bonchev–Trinajstić information content (AvgIpc) is 3.01. The Morgan fingerprint density at radius 2 is 1.59 bits per heavy atom. The number of benzene rings is 1. The van der Waals surface area contributed by atoms with Gasteiger partial charge >= 0.3 is 0 Å². The molecule has 2 amide bonds. The van der Waals surface area contributed by atoms with Gasteiger partial charge in [-0.05, 0) is 42.8 Å². The van der Waals surface area contributed by atoms with Gasteiger partial charge in [0.05, 0.1) is 0 Å². The van der Waals surface area contributed by atoms with Crippen LogP contribution in [0.3, 0.4) is 0 Å². The zero-order chi connectivity index (χ0) is 15.9. The maximum absolute atomic E-state index is 11.8. The van der Waals surface area contributed by atoms with Crippen molar-refractivity contribution in [1.82, 2.24) is 4.98 Å². The summed E-state index contributed by atoms with van der Waals surface area (Å²) in [6.07, 6.45) is 1.18. The first-order valence-electron chi connectivity index (χ1n) is 6.59. The lowest BCUT2D eigenvalue weighted by atomic mass is 10.2. The van der Waals surface area contributed by atoms with E-state index < -0.39 is 11.9 Å². The number of nitrogens with one attached hydrogen (secondary N) is 3. The van der Waals surface area contributed by atoms with Crippen molar-refractivity contribution in [2.75, 3.05) is 10.6 Å². The number of aromatic nitrogens is 1. The number of H-pyrrole nitrogens is 1. The number of aromatic amines is 1. The highest BCUT2D eigenvalue weighted by molar-refractivity contribution is 6.03. The van der Waals surface area contributed by atoms with E-state index in [4.69, 9.17) is 0 Å². The van der Waals surface area contributed by atoms with E-state index in [2.05, 4.69) is 15.6 Å². The Hall–Kier alpha value is -3.09. The van der Waals surface area contributed by atoms with Crippen LogP contribution in [-0.2, 0) is 9.59 Å². The van der Waals surface area contributed by atoms with Crippen LogP contribution in [0.1, 0.15) is 23.3 Å². The molecule has 0 unspecified atom stereocenters. The predicted molar refractivity (Wildman–Crippen MR) is 78.1 cm³/mol. The minimum atomic E-state index is -1.27. The zero-order valence-electron chi connectivity index (χ0n) is 11.6. The standard InChI is InChI=1S/C15H15N3O4/c19-13(7-8-14(20)21)17-10-3-5-11(6-4-10)18-15(22)12-2-1-9-16-12/h1-6,9,16H,7-8H2,(H,17,19)(H,18,22)(H,20,21)/p-1. The molecule has 1 aromatic carbocycles.